The molecule has 1 saturated heterocycles. The third-order valence-electron chi connectivity index (χ3n) is 4.97. The number of ether oxygens (including phenoxy) is 1. The summed E-state index contributed by atoms with van der Waals surface area (Å²) in [5.41, 5.74) is 2.64. The fourth-order valence-electron chi connectivity index (χ4n) is 3.53. The van der Waals surface area contributed by atoms with E-state index in [9.17, 15) is 0 Å². The van der Waals surface area contributed by atoms with E-state index >= 15 is 0 Å². The molecule has 1 fully saturated rings. The highest BCUT2D eigenvalue weighted by Gasteiger charge is 2.24. The summed E-state index contributed by atoms with van der Waals surface area (Å²) in [6.07, 6.45) is 5.39. The zero-order chi connectivity index (χ0) is 17.3. The van der Waals surface area contributed by atoms with Gasteiger partial charge in [0.05, 0.1) is 0 Å². The molecule has 0 aromatic heterocycles. The molecule has 3 heteroatoms. The summed E-state index contributed by atoms with van der Waals surface area (Å²) in [5, 5.41) is 8.93. The molecule has 0 bridgehead atoms. The topological polar surface area (TPSA) is 32.7 Å². The van der Waals surface area contributed by atoms with Gasteiger partial charge < -0.3 is 9.84 Å². The number of unbranched alkanes of at least 4 members (excludes halogenated alkanes) is 1. The van der Waals surface area contributed by atoms with Crippen molar-refractivity contribution in [2.75, 3.05) is 26.3 Å². The molecule has 25 heavy (non-hydrogen) atoms. The van der Waals surface area contributed by atoms with Crippen LogP contribution in [0.4, 0.5) is 0 Å². The first-order chi connectivity index (χ1) is 12.3. The molecule has 3 nitrogen and oxygen atoms in total. The molecule has 0 radical (unpaired) electrons. The average Bonchev–Trinajstić information content (AvgIpc) is 3.10. The molecule has 1 aliphatic rings. The van der Waals surface area contributed by atoms with Gasteiger partial charge in [-0.15, -0.1) is 0 Å². The first-order valence-corrected chi connectivity index (χ1v) is 9.46. The molecule has 0 saturated carbocycles. The van der Waals surface area contributed by atoms with Crippen molar-refractivity contribution in [1.82, 2.24) is 4.90 Å². The summed E-state index contributed by atoms with van der Waals surface area (Å²) in [5.74, 6) is 0.957. The lowest BCUT2D eigenvalue weighted by Gasteiger charge is -2.24. The zero-order valence-corrected chi connectivity index (χ0v) is 14.9. The molecule has 0 amide bonds. The second kappa shape index (κ2) is 9.59. The maximum atomic E-state index is 8.93. The largest absolute Gasteiger partial charge is 0.492 e. The van der Waals surface area contributed by atoms with Gasteiger partial charge in [-0.2, -0.15) is 0 Å². The van der Waals surface area contributed by atoms with Gasteiger partial charge in [0, 0.05) is 12.6 Å². The van der Waals surface area contributed by atoms with Gasteiger partial charge in [0.1, 0.15) is 12.4 Å². The van der Waals surface area contributed by atoms with Crippen LogP contribution in [0.5, 0.6) is 5.75 Å². The lowest BCUT2D eigenvalue weighted by Crippen LogP contribution is -2.35. The second-order valence-corrected chi connectivity index (χ2v) is 6.88. The summed E-state index contributed by atoms with van der Waals surface area (Å²) < 4.78 is 6.04. The number of aliphatic hydroxyl groups excluding tert-OH is 1. The van der Waals surface area contributed by atoms with Crippen LogP contribution in [0.1, 0.15) is 36.8 Å². The van der Waals surface area contributed by atoms with Crippen LogP contribution < -0.4 is 4.74 Å². The Morgan fingerprint density at radius 2 is 1.72 bits per heavy atom. The third-order valence-corrected chi connectivity index (χ3v) is 4.97. The van der Waals surface area contributed by atoms with Crippen LogP contribution >= 0.6 is 0 Å². The van der Waals surface area contributed by atoms with Gasteiger partial charge in [0.15, 0.2) is 0 Å². The maximum Gasteiger partial charge on any atom is 0.119 e. The highest BCUT2D eigenvalue weighted by molar-refractivity contribution is 5.31. The van der Waals surface area contributed by atoms with Crippen molar-refractivity contribution in [3.05, 3.63) is 65.7 Å². The first kappa shape index (κ1) is 18.0. The highest BCUT2D eigenvalue weighted by atomic mass is 16.5. The molecule has 1 heterocycles. The van der Waals surface area contributed by atoms with E-state index in [1.807, 2.05) is 0 Å². The van der Waals surface area contributed by atoms with Crippen molar-refractivity contribution in [2.24, 2.45) is 0 Å². The minimum atomic E-state index is 0.296. The number of hydrogen-bond donors (Lipinski definition) is 1. The maximum absolute atomic E-state index is 8.93. The molecule has 1 aliphatic heterocycles. The molecule has 1 N–H and O–H groups in total. The molecule has 1 unspecified atom stereocenters. The van der Waals surface area contributed by atoms with Crippen LogP contribution in [0.3, 0.4) is 0 Å². The Kier molecular flexibility index (Phi) is 6.89. The molecule has 3 rings (SSSR count). The van der Waals surface area contributed by atoms with Crippen molar-refractivity contribution >= 4 is 0 Å². The summed E-state index contributed by atoms with van der Waals surface area (Å²) in [6.45, 7) is 3.29. The van der Waals surface area contributed by atoms with E-state index < -0.39 is 0 Å². The number of nitrogens with zero attached hydrogens (tertiary/aromatic N) is 1. The van der Waals surface area contributed by atoms with Crippen molar-refractivity contribution in [3.8, 4) is 5.75 Å². The van der Waals surface area contributed by atoms with E-state index in [0.29, 0.717) is 12.6 Å². The smallest absolute Gasteiger partial charge is 0.119 e. The fraction of sp³-hybridized carbons (Fsp3) is 0.455. The van der Waals surface area contributed by atoms with E-state index in [-0.39, 0.29) is 0 Å². The van der Waals surface area contributed by atoms with E-state index in [1.165, 1.54) is 24.0 Å². The van der Waals surface area contributed by atoms with Gasteiger partial charge in [-0.25, -0.2) is 0 Å². The molecule has 2 aromatic carbocycles. The van der Waals surface area contributed by atoms with Crippen LogP contribution in [0.25, 0.3) is 0 Å². The molecule has 2 aromatic rings. The third kappa shape index (κ3) is 5.58. The van der Waals surface area contributed by atoms with Crippen LogP contribution in [0.2, 0.25) is 0 Å². The number of likely N-dealkylation sites (tertiary alicyclic amines) is 1. The van der Waals surface area contributed by atoms with Gasteiger partial charge in [0.25, 0.3) is 0 Å². The second-order valence-electron chi connectivity index (χ2n) is 6.88. The average molecular weight is 339 g/mol. The Morgan fingerprint density at radius 3 is 2.48 bits per heavy atom. The number of hydrogen-bond acceptors (Lipinski definition) is 3. The molecular formula is C22H29NO2. The van der Waals surface area contributed by atoms with Gasteiger partial charge in [-0.1, -0.05) is 42.5 Å². The van der Waals surface area contributed by atoms with Crippen LogP contribution in [0, 0.1) is 0 Å². The molecule has 1 atom stereocenters. The summed E-state index contributed by atoms with van der Waals surface area (Å²) >= 11 is 0. The number of rotatable bonds is 9. The number of benzene rings is 2. The van der Waals surface area contributed by atoms with Crippen molar-refractivity contribution in [2.45, 2.75) is 38.1 Å². The fourth-order valence-corrected chi connectivity index (χ4v) is 3.53. The Labute approximate surface area is 151 Å². The van der Waals surface area contributed by atoms with E-state index in [1.54, 1.807) is 0 Å². The predicted octanol–water partition coefficient (Wildman–Crippen LogP) is 3.89. The van der Waals surface area contributed by atoms with Gasteiger partial charge in [0.2, 0.25) is 0 Å². The Bertz CT molecular complexity index is 612. The summed E-state index contributed by atoms with van der Waals surface area (Å²) in [7, 11) is 0. The Hall–Kier alpha value is -1.84. The SMILES string of the molecule is OCCCCN1CCCC1COc1ccc(Cc2ccccc2)cc1. The van der Waals surface area contributed by atoms with Gasteiger partial charge in [-0.3, -0.25) is 4.90 Å². The van der Waals surface area contributed by atoms with E-state index in [2.05, 4.69) is 59.5 Å². The normalized spacial score (nSPS) is 17.7. The quantitative estimate of drug-likeness (QED) is 0.704. The van der Waals surface area contributed by atoms with Crippen LogP contribution in [-0.4, -0.2) is 42.4 Å². The minimum Gasteiger partial charge on any atom is -0.492 e. The monoisotopic (exact) mass is 339 g/mol. The molecule has 0 aliphatic carbocycles. The molecular weight excluding hydrogens is 310 g/mol. The van der Waals surface area contributed by atoms with Crippen molar-refractivity contribution in [3.63, 3.8) is 0 Å². The summed E-state index contributed by atoms with van der Waals surface area (Å²) in [6, 6.07) is 19.6. The Balaban J connectivity index is 1.46. The number of aliphatic hydroxyl groups is 1. The van der Waals surface area contributed by atoms with E-state index in [0.717, 1.165) is 44.7 Å². The van der Waals surface area contributed by atoms with Crippen molar-refractivity contribution < 1.29 is 9.84 Å². The van der Waals surface area contributed by atoms with Crippen molar-refractivity contribution in [1.29, 1.82) is 0 Å². The first-order valence-electron chi connectivity index (χ1n) is 9.46. The van der Waals surface area contributed by atoms with Crippen LogP contribution in [-0.2, 0) is 6.42 Å². The Morgan fingerprint density at radius 1 is 0.960 bits per heavy atom. The minimum absolute atomic E-state index is 0.296. The summed E-state index contributed by atoms with van der Waals surface area (Å²) in [4.78, 5) is 2.51. The van der Waals surface area contributed by atoms with Crippen LogP contribution in [0.15, 0.2) is 54.6 Å². The lowest BCUT2D eigenvalue weighted by molar-refractivity contribution is 0.166. The highest BCUT2D eigenvalue weighted by Crippen LogP contribution is 2.20. The standard InChI is InChI=1S/C22H29NO2/c24-16-5-4-14-23-15-6-9-21(23)18-25-22-12-10-20(11-13-22)17-19-7-2-1-3-8-19/h1-3,7-8,10-13,21,24H,4-6,9,14-18H2. The predicted molar refractivity (Wildman–Crippen MR) is 102 cm³/mol. The zero-order valence-electron chi connectivity index (χ0n) is 14.9. The molecule has 0 spiro atoms. The molecule has 134 valence electrons. The van der Waals surface area contributed by atoms with E-state index in [4.69, 9.17) is 9.84 Å². The van der Waals surface area contributed by atoms with Gasteiger partial charge >= 0.3 is 0 Å². The lowest BCUT2D eigenvalue weighted by atomic mass is 10.1. The van der Waals surface area contributed by atoms with Gasteiger partial charge in [-0.05, 0) is 68.5 Å².